The molecule has 0 saturated heterocycles. The van der Waals surface area contributed by atoms with Crippen LogP contribution in [0.4, 0.5) is 5.69 Å². The molecule has 25 heavy (non-hydrogen) atoms. The highest BCUT2D eigenvalue weighted by atomic mass is 16.5. The molecule has 0 spiro atoms. The number of hydrogen-bond acceptors (Lipinski definition) is 4. The third-order valence-electron chi connectivity index (χ3n) is 3.64. The highest BCUT2D eigenvalue weighted by Gasteiger charge is 2.18. The van der Waals surface area contributed by atoms with E-state index in [4.69, 9.17) is 14.2 Å². The van der Waals surface area contributed by atoms with E-state index in [-0.39, 0.29) is 5.91 Å². The number of benzene rings is 2. The van der Waals surface area contributed by atoms with Crippen molar-refractivity contribution in [3.63, 3.8) is 0 Å². The summed E-state index contributed by atoms with van der Waals surface area (Å²) in [6.45, 7) is 4.96. The Morgan fingerprint density at radius 2 is 1.64 bits per heavy atom. The van der Waals surface area contributed by atoms with E-state index < -0.39 is 6.10 Å². The second kappa shape index (κ2) is 9.69. The van der Waals surface area contributed by atoms with E-state index in [2.05, 4.69) is 5.32 Å². The molecule has 0 bridgehead atoms. The Hall–Kier alpha value is -2.53. The fourth-order valence-electron chi connectivity index (χ4n) is 2.20. The quantitative estimate of drug-likeness (QED) is 0.703. The summed E-state index contributed by atoms with van der Waals surface area (Å²) in [5.41, 5.74) is 1.85. The minimum Gasteiger partial charge on any atom is -0.491 e. The molecule has 0 fully saturated rings. The molecule has 1 amide bonds. The molecule has 0 aromatic heterocycles. The number of amides is 1. The highest BCUT2D eigenvalue weighted by molar-refractivity contribution is 5.94. The molecule has 1 atom stereocenters. The first kappa shape index (κ1) is 18.8. The van der Waals surface area contributed by atoms with Gasteiger partial charge in [0.2, 0.25) is 0 Å². The van der Waals surface area contributed by atoms with Crippen LogP contribution in [0.3, 0.4) is 0 Å². The molecule has 1 N–H and O–H groups in total. The number of rotatable bonds is 9. The van der Waals surface area contributed by atoms with Crippen molar-refractivity contribution in [2.24, 2.45) is 0 Å². The molecule has 0 aliphatic heterocycles. The van der Waals surface area contributed by atoms with Crippen molar-refractivity contribution in [1.82, 2.24) is 0 Å². The fourth-order valence-corrected chi connectivity index (χ4v) is 2.20. The number of carbonyl (C=O) groups is 1. The Kier molecular flexibility index (Phi) is 7.29. The summed E-state index contributed by atoms with van der Waals surface area (Å²) in [6.07, 6.45) is 0.0399. The van der Waals surface area contributed by atoms with E-state index in [1.165, 1.54) is 0 Å². The Balaban J connectivity index is 1.91. The zero-order valence-corrected chi connectivity index (χ0v) is 15.0. The first-order valence-corrected chi connectivity index (χ1v) is 8.38. The average Bonchev–Trinajstić information content (AvgIpc) is 2.63. The van der Waals surface area contributed by atoms with Gasteiger partial charge in [-0.1, -0.05) is 24.6 Å². The summed E-state index contributed by atoms with van der Waals surface area (Å²) in [4.78, 5) is 12.4. The maximum Gasteiger partial charge on any atom is 0.265 e. The monoisotopic (exact) mass is 343 g/mol. The van der Waals surface area contributed by atoms with E-state index >= 15 is 0 Å². The van der Waals surface area contributed by atoms with E-state index in [1.807, 2.05) is 50.2 Å². The number of anilines is 1. The molecule has 2 aromatic rings. The van der Waals surface area contributed by atoms with E-state index in [0.29, 0.717) is 31.1 Å². The molecule has 0 aliphatic carbocycles. The molecule has 2 rings (SSSR count). The lowest BCUT2D eigenvalue weighted by Crippen LogP contribution is -2.32. The van der Waals surface area contributed by atoms with Crippen LogP contribution >= 0.6 is 0 Å². The number of nitrogens with one attached hydrogen (secondary N) is 1. The molecular formula is C20H25NO4. The van der Waals surface area contributed by atoms with Crippen LogP contribution in [0.5, 0.6) is 11.5 Å². The Morgan fingerprint density at radius 3 is 2.24 bits per heavy atom. The fraction of sp³-hybridized carbons (Fsp3) is 0.350. The van der Waals surface area contributed by atoms with Gasteiger partial charge in [-0.15, -0.1) is 0 Å². The van der Waals surface area contributed by atoms with Crippen LogP contribution in [0.25, 0.3) is 0 Å². The topological polar surface area (TPSA) is 56.8 Å². The SMILES string of the molecule is CCC(Oc1ccc(C)cc1)C(=O)Nc1ccc(OCCOC)cc1. The minimum absolute atomic E-state index is 0.170. The molecule has 1 unspecified atom stereocenters. The standard InChI is InChI=1S/C20H25NO4/c1-4-19(25-18-9-5-15(2)6-10-18)20(22)21-16-7-11-17(12-8-16)24-14-13-23-3/h5-12,19H,4,13-14H2,1-3H3,(H,21,22). The first-order chi connectivity index (χ1) is 12.1. The van der Waals surface area contributed by atoms with Gasteiger partial charge >= 0.3 is 0 Å². The third kappa shape index (κ3) is 6.12. The van der Waals surface area contributed by atoms with Crippen LogP contribution in [-0.4, -0.2) is 32.3 Å². The Labute approximate surface area is 148 Å². The van der Waals surface area contributed by atoms with E-state index in [9.17, 15) is 4.79 Å². The third-order valence-corrected chi connectivity index (χ3v) is 3.64. The van der Waals surface area contributed by atoms with Crippen LogP contribution < -0.4 is 14.8 Å². The Bertz CT molecular complexity index is 652. The lowest BCUT2D eigenvalue weighted by atomic mass is 10.2. The number of carbonyl (C=O) groups excluding carboxylic acids is 1. The van der Waals surface area contributed by atoms with Gasteiger partial charge in [0.15, 0.2) is 6.10 Å². The summed E-state index contributed by atoms with van der Waals surface area (Å²) in [5, 5.41) is 2.87. The van der Waals surface area contributed by atoms with Gasteiger partial charge in [-0.05, 0) is 49.7 Å². The molecule has 134 valence electrons. The van der Waals surface area contributed by atoms with Gasteiger partial charge in [-0.2, -0.15) is 0 Å². The van der Waals surface area contributed by atoms with Crippen molar-refractivity contribution >= 4 is 11.6 Å². The van der Waals surface area contributed by atoms with Crippen molar-refractivity contribution in [1.29, 1.82) is 0 Å². The lowest BCUT2D eigenvalue weighted by Gasteiger charge is -2.17. The molecule has 0 heterocycles. The smallest absolute Gasteiger partial charge is 0.265 e. The van der Waals surface area contributed by atoms with Crippen molar-refractivity contribution < 1.29 is 19.0 Å². The lowest BCUT2D eigenvalue weighted by molar-refractivity contribution is -0.122. The molecule has 2 aromatic carbocycles. The maximum absolute atomic E-state index is 12.4. The largest absolute Gasteiger partial charge is 0.491 e. The summed E-state index contributed by atoms with van der Waals surface area (Å²) in [6, 6.07) is 14.9. The van der Waals surface area contributed by atoms with Crippen LogP contribution in [0.1, 0.15) is 18.9 Å². The number of ether oxygens (including phenoxy) is 3. The zero-order chi connectivity index (χ0) is 18.1. The molecule has 0 aliphatic rings. The summed E-state index contributed by atoms with van der Waals surface area (Å²) < 4.78 is 16.2. The van der Waals surface area contributed by atoms with Crippen LogP contribution in [0.15, 0.2) is 48.5 Å². The second-order valence-electron chi connectivity index (χ2n) is 5.68. The predicted octanol–water partition coefficient (Wildman–Crippen LogP) is 3.82. The molecule has 0 saturated carbocycles. The first-order valence-electron chi connectivity index (χ1n) is 8.38. The van der Waals surface area contributed by atoms with Gasteiger partial charge in [0.25, 0.3) is 5.91 Å². The number of aryl methyl sites for hydroxylation is 1. The molecule has 5 nitrogen and oxygen atoms in total. The summed E-state index contributed by atoms with van der Waals surface area (Å²) >= 11 is 0. The van der Waals surface area contributed by atoms with Crippen molar-refractivity contribution in [3.8, 4) is 11.5 Å². The summed E-state index contributed by atoms with van der Waals surface area (Å²) in [7, 11) is 1.63. The summed E-state index contributed by atoms with van der Waals surface area (Å²) in [5.74, 6) is 1.25. The average molecular weight is 343 g/mol. The van der Waals surface area contributed by atoms with Gasteiger partial charge in [-0.25, -0.2) is 0 Å². The molecular weight excluding hydrogens is 318 g/mol. The van der Waals surface area contributed by atoms with Gasteiger partial charge in [0, 0.05) is 12.8 Å². The van der Waals surface area contributed by atoms with Gasteiger partial charge in [-0.3, -0.25) is 4.79 Å². The minimum atomic E-state index is -0.541. The van der Waals surface area contributed by atoms with E-state index in [1.54, 1.807) is 19.2 Å². The molecule has 0 radical (unpaired) electrons. The predicted molar refractivity (Wildman–Crippen MR) is 98.3 cm³/mol. The van der Waals surface area contributed by atoms with Crippen LogP contribution in [-0.2, 0) is 9.53 Å². The van der Waals surface area contributed by atoms with Gasteiger partial charge in [0.05, 0.1) is 6.61 Å². The van der Waals surface area contributed by atoms with E-state index in [0.717, 1.165) is 11.3 Å². The molecule has 5 heteroatoms. The maximum atomic E-state index is 12.4. The number of methoxy groups -OCH3 is 1. The van der Waals surface area contributed by atoms with Crippen molar-refractivity contribution in [2.75, 3.05) is 25.6 Å². The van der Waals surface area contributed by atoms with Crippen molar-refractivity contribution in [3.05, 3.63) is 54.1 Å². The van der Waals surface area contributed by atoms with Crippen molar-refractivity contribution in [2.45, 2.75) is 26.4 Å². The second-order valence-corrected chi connectivity index (χ2v) is 5.68. The Morgan fingerprint density at radius 1 is 1.00 bits per heavy atom. The van der Waals surface area contributed by atoms with Crippen LogP contribution in [0, 0.1) is 6.92 Å². The zero-order valence-electron chi connectivity index (χ0n) is 15.0. The van der Waals surface area contributed by atoms with Gasteiger partial charge in [0.1, 0.15) is 18.1 Å². The van der Waals surface area contributed by atoms with Crippen LogP contribution in [0.2, 0.25) is 0 Å². The highest BCUT2D eigenvalue weighted by Crippen LogP contribution is 2.18. The number of hydrogen-bond donors (Lipinski definition) is 1. The van der Waals surface area contributed by atoms with Gasteiger partial charge < -0.3 is 19.5 Å². The normalized spacial score (nSPS) is 11.6.